The van der Waals surface area contributed by atoms with Gasteiger partial charge in [-0.3, -0.25) is 9.69 Å². The van der Waals surface area contributed by atoms with Crippen molar-refractivity contribution in [2.24, 2.45) is 5.73 Å². The number of nitrogens with two attached hydrogens (primary N) is 1. The van der Waals surface area contributed by atoms with E-state index in [0.717, 1.165) is 4.67 Å². The third-order valence-electron chi connectivity index (χ3n) is 1.97. The van der Waals surface area contributed by atoms with Crippen LogP contribution < -0.4 is 5.73 Å². The third kappa shape index (κ3) is 2.50. The highest BCUT2D eigenvalue weighted by Crippen LogP contribution is 2.42. The lowest BCUT2D eigenvalue weighted by molar-refractivity contribution is -0.138. The largest absolute Gasteiger partial charge is 0.480 e. The fourth-order valence-electron chi connectivity index (χ4n) is 1.31. The average Bonchev–Trinajstić information content (AvgIpc) is 2.30. The molecule has 0 radical (unpaired) electrons. The molecule has 0 spiro atoms. The van der Waals surface area contributed by atoms with Gasteiger partial charge in [0.05, 0.1) is 6.54 Å². The standard InChI is InChI=1S/C5H12N3O5P/c6-5-7(3-4(9)10)1-2-8(5)14(11,12)13/h5H,1-3,6H2,(H,9,10)(H2,11,12,13). The summed E-state index contributed by atoms with van der Waals surface area (Å²) in [6, 6.07) is 0. The minimum atomic E-state index is -4.38. The van der Waals surface area contributed by atoms with E-state index >= 15 is 0 Å². The highest BCUT2D eigenvalue weighted by molar-refractivity contribution is 7.49. The number of carbonyl (C=O) groups is 1. The molecule has 0 aliphatic carbocycles. The van der Waals surface area contributed by atoms with E-state index in [0.29, 0.717) is 0 Å². The van der Waals surface area contributed by atoms with Crippen LogP contribution in [0.25, 0.3) is 0 Å². The molecule has 1 saturated heterocycles. The Labute approximate surface area is 80.1 Å². The zero-order valence-electron chi connectivity index (χ0n) is 7.28. The molecular formula is C5H12N3O5P. The van der Waals surface area contributed by atoms with Gasteiger partial charge in [-0.25, -0.2) is 4.57 Å². The maximum atomic E-state index is 10.8. The van der Waals surface area contributed by atoms with E-state index in [9.17, 15) is 9.36 Å². The van der Waals surface area contributed by atoms with Gasteiger partial charge in [-0.2, -0.15) is 4.67 Å². The first-order chi connectivity index (χ1) is 6.32. The fourth-order valence-corrected chi connectivity index (χ4v) is 2.12. The van der Waals surface area contributed by atoms with Crippen LogP contribution in [0.1, 0.15) is 0 Å². The van der Waals surface area contributed by atoms with E-state index < -0.39 is 20.0 Å². The summed E-state index contributed by atoms with van der Waals surface area (Å²) in [7, 11) is -4.38. The van der Waals surface area contributed by atoms with Gasteiger partial charge in [0.25, 0.3) is 0 Å². The highest BCUT2D eigenvalue weighted by Gasteiger charge is 2.39. The second-order valence-electron chi connectivity index (χ2n) is 2.95. The van der Waals surface area contributed by atoms with Gasteiger partial charge in [0, 0.05) is 13.1 Å². The normalized spacial score (nSPS) is 25.5. The Kier molecular flexibility index (Phi) is 3.25. The molecule has 82 valence electrons. The lowest BCUT2D eigenvalue weighted by Gasteiger charge is -2.25. The Hall–Kier alpha value is -0.500. The van der Waals surface area contributed by atoms with Crippen molar-refractivity contribution in [3.8, 4) is 0 Å². The molecule has 1 aliphatic rings. The first kappa shape index (κ1) is 11.6. The molecule has 1 rings (SSSR count). The molecule has 1 atom stereocenters. The lowest BCUT2D eigenvalue weighted by atomic mass is 10.5. The number of carboxylic acids is 1. The number of nitrogens with zero attached hydrogens (tertiary/aromatic N) is 2. The van der Waals surface area contributed by atoms with Gasteiger partial charge in [0.2, 0.25) is 0 Å². The van der Waals surface area contributed by atoms with E-state index in [1.165, 1.54) is 4.90 Å². The molecular weight excluding hydrogens is 213 g/mol. The summed E-state index contributed by atoms with van der Waals surface area (Å²) < 4.78 is 11.6. The maximum absolute atomic E-state index is 10.8. The zero-order chi connectivity index (χ0) is 10.9. The zero-order valence-corrected chi connectivity index (χ0v) is 8.17. The Morgan fingerprint density at radius 1 is 1.50 bits per heavy atom. The monoisotopic (exact) mass is 225 g/mol. The van der Waals surface area contributed by atoms with E-state index in [4.69, 9.17) is 20.6 Å². The minimum Gasteiger partial charge on any atom is -0.480 e. The van der Waals surface area contributed by atoms with Crippen LogP contribution in [0, 0.1) is 0 Å². The van der Waals surface area contributed by atoms with Crippen LogP contribution in [0.2, 0.25) is 0 Å². The van der Waals surface area contributed by atoms with Crippen LogP contribution >= 0.6 is 7.75 Å². The summed E-state index contributed by atoms with van der Waals surface area (Å²) in [5, 5.41) is 8.47. The molecule has 8 nitrogen and oxygen atoms in total. The molecule has 1 fully saturated rings. The van der Waals surface area contributed by atoms with Crippen LogP contribution in [0.3, 0.4) is 0 Å². The highest BCUT2D eigenvalue weighted by atomic mass is 31.2. The number of hydrogen-bond acceptors (Lipinski definition) is 4. The summed E-state index contributed by atoms with van der Waals surface area (Å²) in [4.78, 5) is 29.3. The van der Waals surface area contributed by atoms with Crippen molar-refractivity contribution >= 4 is 13.7 Å². The molecule has 5 N–H and O–H groups in total. The Morgan fingerprint density at radius 3 is 2.43 bits per heavy atom. The van der Waals surface area contributed by atoms with Crippen molar-refractivity contribution in [1.29, 1.82) is 0 Å². The molecule has 0 aromatic rings. The first-order valence-corrected chi connectivity index (χ1v) is 5.43. The number of carboxylic acid groups (broad SMARTS) is 1. The van der Waals surface area contributed by atoms with Crippen LogP contribution in [0.5, 0.6) is 0 Å². The molecule has 0 aromatic carbocycles. The Bertz CT molecular complexity index is 279. The van der Waals surface area contributed by atoms with Crippen molar-refractivity contribution in [1.82, 2.24) is 9.57 Å². The van der Waals surface area contributed by atoms with Crippen LogP contribution in [0.4, 0.5) is 0 Å². The van der Waals surface area contributed by atoms with Crippen molar-refractivity contribution < 1.29 is 24.3 Å². The maximum Gasteiger partial charge on any atom is 0.405 e. The Morgan fingerprint density at radius 2 is 2.07 bits per heavy atom. The smallest absolute Gasteiger partial charge is 0.405 e. The molecule has 1 heterocycles. The SMILES string of the molecule is NC1N(CC(=O)O)CCN1P(=O)(O)O. The van der Waals surface area contributed by atoms with Gasteiger partial charge < -0.3 is 20.6 Å². The van der Waals surface area contributed by atoms with Gasteiger partial charge in [-0.1, -0.05) is 0 Å². The number of rotatable bonds is 3. The predicted octanol–water partition coefficient (Wildman–Crippen LogP) is -1.98. The minimum absolute atomic E-state index is 0.0682. The summed E-state index contributed by atoms with van der Waals surface area (Å²) in [6.07, 6.45) is -1.04. The quantitative estimate of drug-likeness (QED) is 0.407. The molecule has 14 heavy (non-hydrogen) atoms. The van der Waals surface area contributed by atoms with E-state index in [-0.39, 0.29) is 19.6 Å². The van der Waals surface area contributed by atoms with Gasteiger partial charge in [0.15, 0.2) is 0 Å². The molecule has 1 unspecified atom stereocenters. The summed E-state index contributed by atoms with van der Waals surface area (Å²) >= 11 is 0. The molecule has 0 saturated carbocycles. The summed E-state index contributed by atoms with van der Waals surface area (Å²) in [5.41, 5.74) is 5.45. The summed E-state index contributed by atoms with van der Waals surface area (Å²) in [6.45, 7) is -0.0189. The topological polar surface area (TPSA) is 127 Å². The van der Waals surface area contributed by atoms with E-state index in [2.05, 4.69) is 0 Å². The van der Waals surface area contributed by atoms with Crippen LogP contribution in [0.15, 0.2) is 0 Å². The van der Waals surface area contributed by atoms with Crippen molar-refractivity contribution in [3.63, 3.8) is 0 Å². The first-order valence-electron chi connectivity index (χ1n) is 3.86. The summed E-state index contributed by atoms with van der Waals surface area (Å²) in [5.74, 6) is -1.08. The lowest BCUT2D eigenvalue weighted by Crippen LogP contribution is -2.46. The van der Waals surface area contributed by atoms with Gasteiger partial charge in [-0.05, 0) is 0 Å². The average molecular weight is 225 g/mol. The second kappa shape index (κ2) is 3.93. The third-order valence-corrected chi connectivity index (χ3v) is 3.07. The van der Waals surface area contributed by atoms with Crippen LogP contribution in [-0.4, -0.2) is 56.4 Å². The molecule has 0 aromatic heterocycles. The van der Waals surface area contributed by atoms with Gasteiger partial charge >= 0.3 is 13.7 Å². The van der Waals surface area contributed by atoms with Crippen molar-refractivity contribution in [2.75, 3.05) is 19.6 Å². The van der Waals surface area contributed by atoms with Gasteiger partial charge in [-0.15, -0.1) is 0 Å². The molecule has 0 amide bonds. The van der Waals surface area contributed by atoms with Crippen molar-refractivity contribution in [3.05, 3.63) is 0 Å². The predicted molar refractivity (Wildman–Crippen MR) is 45.9 cm³/mol. The van der Waals surface area contributed by atoms with Crippen LogP contribution in [-0.2, 0) is 9.36 Å². The fraction of sp³-hybridized carbons (Fsp3) is 0.800. The molecule has 0 bridgehead atoms. The van der Waals surface area contributed by atoms with E-state index in [1.54, 1.807) is 0 Å². The molecule has 1 aliphatic heterocycles. The Balaban J connectivity index is 2.64. The van der Waals surface area contributed by atoms with Gasteiger partial charge in [0.1, 0.15) is 6.29 Å². The second-order valence-corrected chi connectivity index (χ2v) is 4.49. The number of aliphatic carboxylic acids is 1. The van der Waals surface area contributed by atoms with Crippen molar-refractivity contribution in [2.45, 2.75) is 6.29 Å². The number of hydrogen-bond donors (Lipinski definition) is 4. The molecule has 9 heteroatoms. The van der Waals surface area contributed by atoms with E-state index in [1.807, 2.05) is 0 Å².